The van der Waals surface area contributed by atoms with Crippen LogP contribution in [0.2, 0.25) is 0 Å². The van der Waals surface area contributed by atoms with Crippen LogP contribution in [0.5, 0.6) is 0 Å². The molecule has 0 bridgehead atoms. The number of hydrogen-bond acceptors (Lipinski definition) is 7. The number of aryl methyl sites for hydroxylation is 2. The van der Waals surface area contributed by atoms with Crippen LogP contribution in [-0.2, 0) is 16.1 Å². The number of ether oxygens (including phenoxy) is 1. The Bertz CT molecular complexity index is 1060. The maximum atomic E-state index is 12.6. The van der Waals surface area contributed by atoms with Crippen LogP contribution < -0.4 is 16.0 Å². The first-order valence-corrected chi connectivity index (χ1v) is 9.09. The lowest BCUT2D eigenvalue weighted by Gasteiger charge is -2.27. The van der Waals surface area contributed by atoms with Crippen LogP contribution in [0.4, 0.5) is 11.6 Å². The van der Waals surface area contributed by atoms with Crippen molar-refractivity contribution in [2.75, 3.05) is 36.5 Å². The van der Waals surface area contributed by atoms with Gasteiger partial charge < -0.3 is 19.4 Å². The number of carbonyl (C=O) groups is 1. The average Bonchev–Trinajstić information content (AvgIpc) is 3.00. The molecule has 0 unspecified atom stereocenters. The predicted molar refractivity (Wildman–Crippen MR) is 104 cm³/mol. The SMILES string of the molecule is Cc1nc(N2CCOCC2)nc(C)c1NC(=O)Cn1c(=O)oc2ccccc21. The van der Waals surface area contributed by atoms with Gasteiger partial charge in [0, 0.05) is 13.1 Å². The van der Waals surface area contributed by atoms with Gasteiger partial charge in [0.1, 0.15) is 6.54 Å². The molecular formula is C19H21N5O4. The van der Waals surface area contributed by atoms with Crippen molar-refractivity contribution in [3.63, 3.8) is 0 Å². The van der Waals surface area contributed by atoms with Crippen LogP contribution >= 0.6 is 0 Å². The third-order valence-corrected chi connectivity index (χ3v) is 4.69. The van der Waals surface area contributed by atoms with Crippen LogP contribution in [0.1, 0.15) is 11.4 Å². The summed E-state index contributed by atoms with van der Waals surface area (Å²) >= 11 is 0. The van der Waals surface area contributed by atoms with Crippen LogP contribution in [-0.4, -0.2) is 46.7 Å². The van der Waals surface area contributed by atoms with E-state index in [4.69, 9.17) is 9.15 Å². The van der Waals surface area contributed by atoms with Gasteiger partial charge in [0.25, 0.3) is 0 Å². The normalized spacial score (nSPS) is 14.4. The van der Waals surface area contributed by atoms with E-state index in [1.54, 1.807) is 24.3 Å². The number of para-hydroxylation sites is 2. The first-order valence-electron chi connectivity index (χ1n) is 9.09. The minimum absolute atomic E-state index is 0.153. The lowest BCUT2D eigenvalue weighted by molar-refractivity contribution is -0.116. The number of hydrogen-bond donors (Lipinski definition) is 1. The minimum atomic E-state index is -0.566. The van der Waals surface area contributed by atoms with E-state index in [1.165, 1.54) is 4.57 Å². The molecule has 4 rings (SSSR count). The molecule has 3 heterocycles. The van der Waals surface area contributed by atoms with Gasteiger partial charge in [0.2, 0.25) is 11.9 Å². The van der Waals surface area contributed by atoms with E-state index in [0.29, 0.717) is 47.3 Å². The molecule has 9 nitrogen and oxygen atoms in total. The Hall–Kier alpha value is -3.20. The van der Waals surface area contributed by atoms with Crippen LogP contribution in [0.15, 0.2) is 33.5 Å². The summed E-state index contributed by atoms with van der Waals surface area (Å²) in [7, 11) is 0. The fourth-order valence-electron chi connectivity index (χ4n) is 3.27. The highest BCUT2D eigenvalue weighted by molar-refractivity contribution is 5.92. The Morgan fingerprint density at radius 1 is 1.14 bits per heavy atom. The second-order valence-electron chi connectivity index (χ2n) is 6.64. The maximum absolute atomic E-state index is 12.6. The van der Waals surface area contributed by atoms with Crippen molar-refractivity contribution in [3.8, 4) is 0 Å². The van der Waals surface area contributed by atoms with Gasteiger partial charge in [0.05, 0.1) is 35.8 Å². The third kappa shape index (κ3) is 3.48. The number of fused-ring (bicyclic) bond motifs is 1. The fraction of sp³-hybridized carbons (Fsp3) is 0.368. The molecule has 1 aliphatic rings. The largest absolute Gasteiger partial charge is 0.420 e. The lowest BCUT2D eigenvalue weighted by atomic mass is 10.2. The van der Waals surface area contributed by atoms with E-state index in [9.17, 15) is 9.59 Å². The monoisotopic (exact) mass is 383 g/mol. The summed E-state index contributed by atoms with van der Waals surface area (Å²) in [4.78, 5) is 35.8. The number of nitrogens with zero attached hydrogens (tertiary/aromatic N) is 4. The van der Waals surface area contributed by atoms with Crippen LogP contribution in [0, 0.1) is 13.8 Å². The standard InChI is InChI=1S/C19H21N5O4/c1-12-17(13(2)21-18(20-12)23-7-9-27-10-8-23)22-16(25)11-24-14-5-3-4-6-15(14)28-19(24)26/h3-6H,7-11H2,1-2H3,(H,22,25). The maximum Gasteiger partial charge on any atom is 0.420 e. The quantitative estimate of drug-likeness (QED) is 0.728. The second-order valence-corrected chi connectivity index (χ2v) is 6.64. The van der Waals surface area contributed by atoms with Gasteiger partial charge in [-0.1, -0.05) is 12.1 Å². The summed E-state index contributed by atoms with van der Waals surface area (Å²) in [6.07, 6.45) is 0. The molecule has 1 amide bonds. The first kappa shape index (κ1) is 18.2. The summed E-state index contributed by atoms with van der Waals surface area (Å²) in [6, 6.07) is 7.00. The number of anilines is 2. The number of carbonyl (C=O) groups excluding carboxylic acids is 1. The highest BCUT2D eigenvalue weighted by Crippen LogP contribution is 2.21. The molecule has 28 heavy (non-hydrogen) atoms. The highest BCUT2D eigenvalue weighted by Gasteiger charge is 2.19. The number of benzene rings is 1. The molecule has 1 fully saturated rings. The van der Waals surface area contributed by atoms with Crippen molar-refractivity contribution in [2.24, 2.45) is 0 Å². The Morgan fingerprint density at radius 3 is 2.54 bits per heavy atom. The van der Waals surface area contributed by atoms with E-state index in [2.05, 4.69) is 20.2 Å². The van der Waals surface area contributed by atoms with E-state index in [0.717, 1.165) is 13.1 Å². The first-order chi connectivity index (χ1) is 13.5. The molecule has 3 aromatic rings. The Morgan fingerprint density at radius 2 is 1.82 bits per heavy atom. The second kappa shape index (κ2) is 7.43. The van der Waals surface area contributed by atoms with Gasteiger partial charge in [-0.3, -0.25) is 9.36 Å². The van der Waals surface area contributed by atoms with Gasteiger partial charge >= 0.3 is 5.76 Å². The Labute approximate surface area is 160 Å². The zero-order chi connectivity index (χ0) is 19.7. The molecule has 0 aliphatic carbocycles. The summed E-state index contributed by atoms with van der Waals surface area (Å²) in [5, 5.41) is 2.83. The summed E-state index contributed by atoms with van der Waals surface area (Å²) < 4.78 is 11.8. The molecule has 1 N–H and O–H groups in total. The Kier molecular flexibility index (Phi) is 4.82. The van der Waals surface area contributed by atoms with Gasteiger partial charge in [-0.2, -0.15) is 0 Å². The Balaban J connectivity index is 1.54. The molecule has 1 aromatic carbocycles. The molecule has 2 aromatic heterocycles. The molecule has 0 spiro atoms. The number of morpholine rings is 1. The molecule has 9 heteroatoms. The van der Waals surface area contributed by atoms with Gasteiger partial charge in [-0.15, -0.1) is 0 Å². The smallest absolute Gasteiger partial charge is 0.408 e. The van der Waals surface area contributed by atoms with Gasteiger partial charge in [-0.25, -0.2) is 14.8 Å². The summed E-state index contributed by atoms with van der Waals surface area (Å²) in [5.74, 6) is -0.278. The number of aromatic nitrogens is 3. The predicted octanol–water partition coefficient (Wildman–Crippen LogP) is 1.48. The summed E-state index contributed by atoms with van der Waals surface area (Å²) in [6.45, 7) is 6.27. The molecule has 0 atom stereocenters. The van der Waals surface area contributed by atoms with Crippen LogP contribution in [0.25, 0.3) is 11.1 Å². The van der Waals surface area contributed by atoms with Crippen molar-refractivity contribution >= 4 is 28.6 Å². The number of nitrogens with one attached hydrogen (secondary N) is 1. The third-order valence-electron chi connectivity index (χ3n) is 4.69. The van der Waals surface area contributed by atoms with Crippen molar-refractivity contribution in [1.29, 1.82) is 0 Å². The lowest BCUT2D eigenvalue weighted by Crippen LogP contribution is -2.37. The molecule has 0 saturated carbocycles. The summed E-state index contributed by atoms with van der Waals surface area (Å²) in [5.41, 5.74) is 2.93. The van der Waals surface area contributed by atoms with Gasteiger partial charge in [0.15, 0.2) is 5.58 Å². The van der Waals surface area contributed by atoms with Crippen LogP contribution in [0.3, 0.4) is 0 Å². The van der Waals surface area contributed by atoms with E-state index < -0.39 is 5.76 Å². The zero-order valence-corrected chi connectivity index (χ0v) is 15.8. The number of oxazole rings is 1. The fourth-order valence-corrected chi connectivity index (χ4v) is 3.27. The molecule has 1 saturated heterocycles. The van der Waals surface area contributed by atoms with E-state index >= 15 is 0 Å². The van der Waals surface area contributed by atoms with Crippen molar-refractivity contribution in [1.82, 2.24) is 14.5 Å². The van der Waals surface area contributed by atoms with E-state index in [1.807, 2.05) is 13.8 Å². The molecule has 0 radical (unpaired) electrons. The number of amides is 1. The van der Waals surface area contributed by atoms with Crippen molar-refractivity contribution in [2.45, 2.75) is 20.4 Å². The van der Waals surface area contributed by atoms with E-state index in [-0.39, 0.29) is 12.5 Å². The molecular weight excluding hydrogens is 362 g/mol. The average molecular weight is 383 g/mol. The van der Waals surface area contributed by atoms with Gasteiger partial charge in [-0.05, 0) is 26.0 Å². The number of rotatable bonds is 4. The van der Waals surface area contributed by atoms with Crippen molar-refractivity contribution in [3.05, 3.63) is 46.2 Å². The topological polar surface area (TPSA) is 102 Å². The molecule has 1 aliphatic heterocycles. The molecule has 146 valence electrons. The van der Waals surface area contributed by atoms with Crippen molar-refractivity contribution < 1.29 is 13.9 Å². The zero-order valence-electron chi connectivity index (χ0n) is 15.8. The minimum Gasteiger partial charge on any atom is -0.408 e. The highest BCUT2D eigenvalue weighted by atomic mass is 16.5.